The number of ether oxygens (including phenoxy) is 1. The van der Waals surface area contributed by atoms with Gasteiger partial charge >= 0.3 is 5.97 Å². The van der Waals surface area contributed by atoms with Crippen molar-refractivity contribution in [1.82, 2.24) is 10.2 Å². The van der Waals surface area contributed by atoms with E-state index in [1.807, 2.05) is 16.3 Å². The number of rotatable bonds is 6. The third kappa shape index (κ3) is 5.13. The molecule has 1 aromatic rings. The second-order valence-corrected chi connectivity index (χ2v) is 6.31. The minimum absolute atomic E-state index is 0.0251. The fourth-order valence-electron chi connectivity index (χ4n) is 2.60. The third-order valence-corrected chi connectivity index (χ3v) is 4.62. The standard InChI is InChI=1S/C15H22N2O3S/c1-20-15(19)12-4-2-8-17(10-12)11-14(18)16-7-6-13-5-3-9-21-13/h3,5,9,12H,2,4,6-8,10-11H2,1H3,(H,16,18). The summed E-state index contributed by atoms with van der Waals surface area (Å²) in [6.07, 6.45) is 2.65. The molecule has 2 heterocycles. The van der Waals surface area contributed by atoms with Crippen molar-refractivity contribution in [3.8, 4) is 0 Å². The Morgan fingerprint density at radius 2 is 2.38 bits per heavy atom. The molecule has 6 heteroatoms. The van der Waals surface area contributed by atoms with Crippen LogP contribution in [-0.4, -0.2) is 50.1 Å². The number of likely N-dealkylation sites (tertiary alicyclic amines) is 1. The first-order valence-corrected chi connectivity index (χ1v) is 8.16. The lowest BCUT2D eigenvalue weighted by molar-refractivity contribution is -0.147. The SMILES string of the molecule is COC(=O)C1CCCN(CC(=O)NCCc2cccs2)C1. The molecule has 0 aliphatic carbocycles. The lowest BCUT2D eigenvalue weighted by Gasteiger charge is -2.30. The van der Waals surface area contributed by atoms with Crippen LogP contribution in [0.3, 0.4) is 0 Å². The molecule has 1 saturated heterocycles. The smallest absolute Gasteiger partial charge is 0.309 e. The van der Waals surface area contributed by atoms with Gasteiger partial charge in [-0.2, -0.15) is 0 Å². The Bertz CT molecular complexity index is 461. The highest BCUT2D eigenvalue weighted by atomic mass is 32.1. The molecule has 1 amide bonds. The van der Waals surface area contributed by atoms with E-state index in [1.165, 1.54) is 12.0 Å². The van der Waals surface area contributed by atoms with Gasteiger partial charge in [0.05, 0.1) is 19.6 Å². The summed E-state index contributed by atoms with van der Waals surface area (Å²) in [6.45, 7) is 2.50. The van der Waals surface area contributed by atoms with Gasteiger partial charge in [0.1, 0.15) is 0 Å². The number of piperidine rings is 1. The van der Waals surface area contributed by atoms with E-state index in [0.717, 1.165) is 25.8 Å². The summed E-state index contributed by atoms with van der Waals surface area (Å²) >= 11 is 1.70. The first-order chi connectivity index (χ1) is 10.2. The molecule has 1 aliphatic rings. The van der Waals surface area contributed by atoms with Crippen molar-refractivity contribution >= 4 is 23.2 Å². The molecule has 0 spiro atoms. The van der Waals surface area contributed by atoms with Gasteiger partial charge in [0.15, 0.2) is 0 Å². The van der Waals surface area contributed by atoms with Gasteiger partial charge in [-0.3, -0.25) is 14.5 Å². The van der Waals surface area contributed by atoms with Gasteiger partial charge in [0.25, 0.3) is 0 Å². The fourth-order valence-corrected chi connectivity index (χ4v) is 3.31. The van der Waals surface area contributed by atoms with Crippen LogP contribution >= 0.6 is 11.3 Å². The summed E-state index contributed by atoms with van der Waals surface area (Å²) in [5.41, 5.74) is 0. The molecule has 0 radical (unpaired) electrons. The van der Waals surface area contributed by atoms with Gasteiger partial charge in [-0.1, -0.05) is 6.07 Å². The summed E-state index contributed by atoms with van der Waals surface area (Å²) in [5.74, 6) is -0.238. The van der Waals surface area contributed by atoms with E-state index in [-0.39, 0.29) is 17.8 Å². The number of methoxy groups -OCH3 is 1. The quantitative estimate of drug-likeness (QED) is 0.805. The number of hydrogen-bond donors (Lipinski definition) is 1. The van der Waals surface area contributed by atoms with E-state index in [2.05, 4.69) is 11.4 Å². The van der Waals surface area contributed by atoms with Crippen LogP contribution in [-0.2, 0) is 20.7 Å². The van der Waals surface area contributed by atoms with Crippen molar-refractivity contribution in [3.63, 3.8) is 0 Å². The normalized spacial score (nSPS) is 19.2. The number of amides is 1. The van der Waals surface area contributed by atoms with Crippen LogP contribution in [0.15, 0.2) is 17.5 Å². The highest BCUT2D eigenvalue weighted by Crippen LogP contribution is 2.17. The zero-order chi connectivity index (χ0) is 15.1. The average Bonchev–Trinajstić information content (AvgIpc) is 3.00. The summed E-state index contributed by atoms with van der Waals surface area (Å²) in [4.78, 5) is 26.8. The molecule has 21 heavy (non-hydrogen) atoms. The number of nitrogens with one attached hydrogen (secondary N) is 1. The minimum atomic E-state index is -0.169. The van der Waals surface area contributed by atoms with Gasteiger partial charge in [-0.05, 0) is 37.3 Å². The molecule has 1 fully saturated rings. The molecule has 2 rings (SSSR count). The van der Waals surface area contributed by atoms with Crippen molar-refractivity contribution in [2.75, 3.05) is 33.3 Å². The van der Waals surface area contributed by atoms with Crippen molar-refractivity contribution < 1.29 is 14.3 Å². The molecule has 0 saturated carbocycles. The van der Waals surface area contributed by atoms with Gasteiger partial charge in [0.2, 0.25) is 5.91 Å². The second-order valence-electron chi connectivity index (χ2n) is 5.28. The van der Waals surface area contributed by atoms with Gasteiger partial charge < -0.3 is 10.1 Å². The van der Waals surface area contributed by atoms with E-state index in [1.54, 1.807) is 11.3 Å². The van der Waals surface area contributed by atoms with Crippen LogP contribution in [0, 0.1) is 5.92 Å². The van der Waals surface area contributed by atoms with Gasteiger partial charge in [0, 0.05) is 18.0 Å². The average molecular weight is 310 g/mol. The predicted molar refractivity (Wildman–Crippen MR) is 82.2 cm³/mol. The van der Waals surface area contributed by atoms with Crippen LogP contribution in [0.2, 0.25) is 0 Å². The number of carbonyl (C=O) groups excluding carboxylic acids is 2. The zero-order valence-electron chi connectivity index (χ0n) is 12.3. The van der Waals surface area contributed by atoms with Crippen LogP contribution < -0.4 is 5.32 Å². The lowest BCUT2D eigenvalue weighted by Crippen LogP contribution is -2.44. The summed E-state index contributed by atoms with van der Waals surface area (Å²) in [5, 5.41) is 4.98. The van der Waals surface area contributed by atoms with Crippen molar-refractivity contribution in [1.29, 1.82) is 0 Å². The van der Waals surface area contributed by atoms with E-state index in [0.29, 0.717) is 19.6 Å². The lowest BCUT2D eigenvalue weighted by atomic mass is 9.98. The highest BCUT2D eigenvalue weighted by molar-refractivity contribution is 7.09. The van der Waals surface area contributed by atoms with Gasteiger partial charge in [-0.15, -0.1) is 11.3 Å². The monoisotopic (exact) mass is 310 g/mol. The third-order valence-electron chi connectivity index (χ3n) is 3.68. The Kier molecular flexibility index (Phi) is 6.20. The number of esters is 1. The maximum absolute atomic E-state index is 11.9. The molecule has 0 aromatic carbocycles. The summed E-state index contributed by atoms with van der Waals surface area (Å²) < 4.78 is 4.78. The maximum atomic E-state index is 11.9. The Labute approximate surface area is 129 Å². The molecule has 1 atom stereocenters. The Morgan fingerprint density at radius 1 is 1.52 bits per heavy atom. The number of hydrogen-bond acceptors (Lipinski definition) is 5. The maximum Gasteiger partial charge on any atom is 0.309 e. The van der Waals surface area contributed by atoms with Crippen molar-refractivity contribution in [2.45, 2.75) is 19.3 Å². The summed E-state index contributed by atoms with van der Waals surface area (Å²) in [7, 11) is 1.42. The molecule has 1 N–H and O–H groups in total. The first-order valence-electron chi connectivity index (χ1n) is 7.28. The van der Waals surface area contributed by atoms with E-state index in [9.17, 15) is 9.59 Å². The Hall–Kier alpha value is -1.40. The first kappa shape index (κ1) is 16.0. The van der Waals surface area contributed by atoms with Crippen LogP contribution in [0.4, 0.5) is 0 Å². The number of thiophene rings is 1. The van der Waals surface area contributed by atoms with E-state index in [4.69, 9.17) is 4.74 Å². The molecule has 5 nitrogen and oxygen atoms in total. The van der Waals surface area contributed by atoms with Crippen LogP contribution in [0.25, 0.3) is 0 Å². The van der Waals surface area contributed by atoms with E-state index < -0.39 is 0 Å². The predicted octanol–water partition coefficient (Wildman–Crippen LogP) is 1.29. The molecule has 1 unspecified atom stereocenters. The summed E-state index contributed by atoms with van der Waals surface area (Å²) in [6, 6.07) is 4.09. The largest absolute Gasteiger partial charge is 0.469 e. The highest BCUT2D eigenvalue weighted by Gasteiger charge is 2.27. The van der Waals surface area contributed by atoms with Gasteiger partial charge in [-0.25, -0.2) is 0 Å². The molecule has 116 valence electrons. The van der Waals surface area contributed by atoms with Crippen LogP contribution in [0.5, 0.6) is 0 Å². The van der Waals surface area contributed by atoms with E-state index >= 15 is 0 Å². The second kappa shape index (κ2) is 8.14. The molecule has 1 aromatic heterocycles. The van der Waals surface area contributed by atoms with Crippen LogP contribution in [0.1, 0.15) is 17.7 Å². The molecule has 0 bridgehead atoms. The fraction of sp³-hybridized carbons (Fsp3) is 0.600. The Morgan fingerprint density at radius 3 is 3.10 bits per heavy atom. The van der Waals surface area contributed by atoms with Crippen molar-refractivity contribution in [3.05, 3.63) is 22.4 Å². The molecular formula is C15H22N2O3S. The number of carbonyl (C=O) groups is 2. The molecule has 1 aliphatic heterocycles. The minimum Gasteiger partial charge on any atom is -0.469 e. The molecular weight excluding hydrogens is 288 g/mol. The zero-order valence-corrected chi connectivity index (χ0v) is 13.2. The number of nitrogens with zero attached hydrogens (tertiary/aromatic N) is 1. The van der Waals surface area contributed by atoms with Crippen molar-refractivity contribution in [2.24, 2.45) is 5.92 Å². The Balaban J connectivity index is 1.68. The topological polar surface area (TPSA) is 58.6 Å².